The van der Waals surface area contributed by atoms with Gasteiger partial charge in [-0.2, -0.15) is 0 Å². The lowest BCUT2D eigenvalue weighted by atomic mass is 9.82. The molecule has 1 fully saturated rings. The highest BCUT2D eigenvalue weighted by Gasteiger charge is 2.33. The van der Waals surface area contributed by atoms with Gasteiger partial charge >= 0.3 is 0 Å². The fourth-order valence-electron chi connectivity index (χ4n) is 2.41. The summed E-state index contributed by atoms with van der Waals surface area (Å²) in [5, 5.41) is 6.89. The first kappa shape index (κ1) is 12.0. The van der Waals surface area contributed by atoms with E-state index in [0.29, 0.717) is 5.41 Å². The highest BCUT2D eigenvalue weighted by molar-refractivity contribution is 4.85. The second-order valence-electron chi connectivity index (χ2n) is 5.14. The molecular weight excluding hydrogens is 172 g/mol. The lowest BCUT2D eigenvalue weighted by Crippen LogP contribution is -2.34. The minimum atomic E-state index is 0.575. The molecule has 1 atom stereocenters. The van der Waals surface area contributed by atoms with Crippen molar-refractivity contribution < 1.29 is 0 Å². The van der Waals surface area contributed by atoms with Gasteiger partial charge in [-0.25, -0.2) is 0 Å². The van der Waals surface area contributed by atoms with Gasteiger partial charge in [-0.05, 0) is 37.3 Å². The van der Waals surface area contributed by atoms with Crippen LogP contribution in [0.5, 0.6) is 0 Å². The van der Waals surface area contributed by atoms with Gasteiger partial charge in [-0.15, -0.1) is 0 Å². The Labute approximate surface area is 88.8 Å². The first-order chi connectivity index (χ1) is 6.67. The molecule has 1 rings (SSSR count). The molecule has 0 aliphatic heterocycles. The lowest BCUT2D eigenvalue weighted by molar-refractivity contribution is 0.252. The van der Waals surface area contributed by atoms with E-state index >= 15 is 0 Å². The summed E-state index contributed by atoms with van der Waals surface area (Å²) in [7, 11) is 0. The van der Waals surface area contributed by atoms with Crippen molar-refractivity contribution >= 4 is 0 Å². The van der Waals surface area contributed by atoms with Crippen LogP contribution in [0.3, 0.4) is 0 Å². The van der Waals surface area contributed by atoms with Crippen LogP contribution in [0, 0.1) is 11.3 Å². The Morgan fingerprint density at radius 3 is 2.50 bits per heavy atom. The highest BCUT2D eigenvalue weighted by Crippen LogP contribution is 2.41. The van der Waals surface area contributed by atoms with E-state index in [1.165, 1.54) is 25.8 Å². The number of nitrogens with one attached hydrogen (secondary N) is 2. The molecular formula is C12H26N2. The van der Waals surface area contributed by atoms with Crippen molar-refractivity contribution in [2.45, 2.75) is 40.0 Å². The summed E-state index contributed by atoms with van der Waals surface area (Å²) in [5.74, 6) is 0.893. The summed E-state index contributed by atoms with van der Waals surface area (Å²) in [6.07, 6.45) is 4.25. The zero-order chi connectivity index (χ0) is 10.4. The van der Waals surface area contributed by atoms with Crippen molar-refractivity contribution in [3.05, 3.63) is 0 Å². The van der Waals surface area contributed by atoms with Gasteiger partial charge in [0.15, 0.2) is 0 Å². The number of hydrogen-bond acceptors (Lipinski definition) is 2. The molecule has 2 N–H and O–H groups in total. The van der Waals surface area contributed by atoms with Gasteiger partial charge in [-0.3, -0.25) is 0 Å². The first-order valence-electron chi connectivity index (χ1n) is 6.08. The maximum Gasteiger partial charge on any atom is 0.00768 e. The molecule has 2 heteroatoms. The van der Waals surface area contributed by atoms with Gasteiger partial charge in [0.05, 0.1) is 0 Å². The molecule has 14 heavy (non-hydrogen) atoms. The smallest absolute Gasteiger partial charge is 0.00768 e. The Balaban J connectivity index is 2.06. The van der Waals surface area contributed by atoms with Crippen molar-refractivity contribution in [2.24, 2.45) is 11.3 Å². The zero-order valence-electron chi connectivity index (χ0n) is 10.0. The van der Waals surface area contributed by atoms with Crippen molar-refractivity contribution in [1.82, 2.24) is 10.6 Å². The second kappa shape index (κ2) is 5.72. The minimum absolute atomic E-state index is 0.575. The van der Waals surface area contributed by atoms with Crippen LogP contribution in [0.1, 0.15) is 40.0 Å². The molecule has 0 aromatic rings. The Morgan fingerprint density at radius 1 is 1.21 bits per heavy atom. The van der Waals surface area contributed by atoms with Crippen LogP contribution in [0.25, 0.3) is 0 Å². The summed E-state index contributed by atoms with van der Waals surface area (Å²) in [4.78, 5) is 0. The molecule has 1 aliphatic rings. The van der Waals surface area contributed by atoms with E-state index in [4.69, 9.17) is 0 Å². The largest absolute Gasteiger partial charge is 0.316 e. The molecule has 0 bridgehead atoms. The Hall–Kier alpha value is -0.0800. The SMILES string of the molecule is CCNCCNCC1CCCC1(C)C. The van der Waals surface area contributed by atoms with Crippen LogP contribution in [-0.4, -0.2) is 26.2 Å². The molecule has 0 heterocycles. The fraction of sp³-hybridized carbons (Fsp3) is 1.00. The molecule has 2 nitrogen and oxygen atoms in total. The molecule has 0 radical (unpaired) electrons. The summed E-state index contributed by atoms with van der Waals surface area (Å²) >= 11 is 0. The molecule has 1 unspecified atom stereocenters. The van der Waals surface area contributed by atoms with Crippen molar-refractivity contribution in [3.8, 4) is 0 Å². The Morgan fingerprint density at radius 2 is 1.93 bits per heavy atom. The fourth-order valence-corrected chi connectivity index (χ4v) is 2.41. The van der Waals surface area contributed by atoms with Gasteiger partial charge in [-0.1, -0.05) is 27.2 Å². The first-order valence-corrected chi connectivity index (χ1v) is 6.08. The van der Waals surface area contributed by atoms with Gasteiger partial charge in [0.2, 0.25) is 0 Å². The van der Waals surface area contributed by atoms with Crippen LogP contribution in [-0.2, 0) is 0 Å². The third kappa shape index (κ3) is 3.58. The van der Waals surface area contributed by atoms with E-state index in [2.05, 4.69) is 31.4 Å². The Bertz CT molecular complexity index is 154. The quantitative estimate of drug-likeness (QED) is 0.638. The van der Waals surface area contributed by atoms with Crippen LogP contribution < -0.4 is 10.6 Å². The predicted octanol–water partition coefficient (Wildman–Crippen LogP) is 2.01. The molecule has 0 aromatic heterocycles. The third-order valence-corrected chi connectivity index (χ3v) is 3.60. The molecule has 0 saturated heterocycles. The van der Waals surface area contributed by atoms with E-state index in [1.807, 2.05) is 0 Å². The van der Waals surface area contributed by atoms with Crippen LogP contribution >= 0.6 is 0 Å². The van der Waals surface area contributed by atoms with Gasteiger partial charge in [0, 0.05) is 13.1 Å². The summed E-state index contributed by atoms with van der Waals surface area (Å²) < 4.78 is 0. The number of rotatable bonds is 6. The van der Waals surface area contributed by atoms with E-state index in [1.54, 1.807) is 0 Å². The number of hydrogen-bond donors (Lipinski definition) is 2. The summed E-state index contributed by atoms with van der Waals surface area (Å²) in [5.41, 5.74) is 0.575. The summed E-state index contributed by atoms with van der Waals surface area (Å²) in [6.45, 7) is 11.5. The molecule has 1 saturated carbocycles. The summed E-state index contributed by atoms with van der Waals surface area (Å²) in [6, 6.07) is 0. The van der Waals surface area contributed by atoms with Gasteiger partial charge in [0.25, 0.3) is 0 Å². The van der Waals surface area contributed by atoms with Gasteiger partial charge in [0.1, 0.15) is 0 Å². The van der Waals surface area contributed by atoms with Crippen molar-refractivity contribution in [1.29, 1.82) is 0 Å². The lowest BCUT2D eigenvalue weighted by Gasteiger charge is -2.27. The monoisotopic (exact) mass is 198 g/mol. The Kier molecular flexibility index (Phi) is 4.90. The van der Waals surface area contributed by atoms with Crippen LogP contribution in [0.2, 0.25) is 0 Å². The highest BCUT2D eigenvalue weighted by atomic mass is 14.9. The average Bonchev–Trinajstić information content (AvgIpc) is 2.45. The molecule has 0 amide bonds. The van der Waals surface area contributed by atoms with Crippen molar-refractivity contribution in [2.75, 3.05) is 26.2 Å². The van der Waals surface area contributed by atoms with Crippen LogP contribution in [0.4, 0.5) is 0 Å². The predicted molar refractivity (Wildman–Crippen MR) is 62.5 cm³/mol. The van der Waals surface area contributed by atoms with E-state index in [0.717, 1.165) is 25.6 Å². The zero-order valence-corrected chi connectivity index (χ0v) is 10.0. The maximum atomic E-state index is 3.56. The van der Waals surface area contributed by atoms with E-state index in [-0.39, 0.29) is 0 Å². The average molecular weight is 198 g/mol. The molecule has 0 spiro atoms. The van der Waals surface area contributed by atoms with E-state index < -0.39 is 0 Å². The molecule has 0 aromatic carbocycles. The van der Waals surface area contributed by atoms with Crippen LogP contribution in [0.15, 0.2) is 0 Å². The normalized spacial score (nSPS) is 25.5. The second-order valence-corrected chi connectivity index (χ2v) is 5.14. The minimum Gasteiger partial charge on any atom is -0.316 e. The topological polar surface area (TPSA) is 24.1 Å². The third-order valence-electron chi connectivity index (χ3n) is 3.60. The van der Waals surface area contributed by atoms with Crippen molar-refractivity contribution in [3.63, 3.8) is 0 Å². The standard InChI is InChI=1S/C12H26N2/c1-4-13-8-9-14-10-11-6-5-7-12(11,2)3/h11,13-14H,4-10H2,1-3H3. The number of likely N-dealkylation sites (N-methyl/N-ethyl adjacent to an activating group) is 1. The van der Waals surface area contributed by atoms with E-state index in [9.17, 15) is 0 Å². The maximum absolute atomic E-state index is 3.56. The molecule has 84 valence electrons. The molecule has 1 aliphatic carbocycles. The van der Waals surface area contributed by atoms with Gasteiger partial charge < -0.3 is 10.6 Å².